The molecule has 0 atom stereocenters. The molecule has 0 aliphatic heterocycles. The number of quaternary nitrogens is 1. The van der Waals surface area contributed by atoms with Crippen LogP contribution in [0.1, 0.15) is 45.4 Å². The van der Waals surface area contributed by atoms with Gasteiger partial charge in [-0.25, -0.2) is 0 Å². The lowest BCUT2D eigenvalue weighted by Crippen LogP contribution is -2.71. The van der Waals surface area contributed by atoms with Crippen LogP contribution in [0.5, 0.6) is 0 Å². The van der Waals surface area contributed by atoms with E-state index in [2.05, 4.69) is 12.7 Å². The maximum atomic E-state index is 4.26. The maximum Gasteiger partial charge on any atom is 0.0945 e. The monoisotopic (exact) mass is 128 g/mol. The Balaban J connectivity index is 2.32. The van der Waals surface area contributed by atoms with Gasteiger partial charge in [0.05, 0.1) is 5.54 Å². The van der Waals surface area contributed by atoms with Crippen LogP contribution in [0.4, 0.5) is 0 Å². The van der Waals surface area contributed by atoms with Crippen LogP contribution in [0.3, 0.4) is 0 Å². The second kappa shape index (κ2) is 2.70. The van der Waals surface area contributed by atoms with Crippen molar-refractivity contribution < 1.29 is 5.73 Å². The molecule has 9 heavy (non-hydrogen) atoms. The van der Waals surface area contributed by atoms with Crippen molar-refractivity contribution in [3.8, 4) is 0 Å². The molecule has 1 aliphatic carbocycles. The molecule has 0 aromatic rings. The van der Waals surface area contributed by atoms with Gasteiger partial charge in [0.1, 0.15) is 0 Å². The second-order valence-corrected chi connectivity index (χ2v) is 3.46. The third-order valence-corrected chi connectivity index (χ3v) is 2.44. The van der Waals surface area contributed by atoms with Crippen LogP contribution in [0.15, 0.2) is 0 Å². The zero-order valence-corrected chi connectivity index (χ0v) is 6.45. The van der Waals surface area contributed by atoms with Gasteiger partial charge in [-0.3, -0.25) is 0 Å². The first-order valence-electron chi connectivity index (χ1n) is 4.12. The molecule has 0 unspecified atom stereocenters. The Morgan fingerprint density at radius 2 is 1.89 bits per heavy atom. The minimum atomic E-state index is 0.495. The van der Waals surface area contributed by atoms with Gasteiger partial charge < -0.3 is 5.73 Å². The maximum absolute atomic E-state index is 4.26. The van der Waals surface area contributed by atoms with Gasteiger partial charge in [0, 0.05) is 19.3 Å². The molecule has 0 heterocycles. The van der Waals surface area contributed by atoms with Crippen molar-refractivity contribution >= 4 is 0 Å². The molecule has 0 aromatic heterocycles. The third-order valence-electron chi connectivity index (χ3n) is 2.44. The van der Waals surface area contributed by atoms with Crippen molar-refractivity contribution in [1.29, 1.82) is 0 Å². The predicted octanol–water partition coefficient (Wildman–Crippen LogP) is 1.34. The summed E-state index contributed by atoms with van der Waals surface area (Å²) in [6.45, 7) is 2.26. The van der Waals surface area contributed by atoms with Gasteiger partial charge in [0.2, 0.25) is 0 Å². The van der Waals surface area contributed by atoms with E-state index < -0.39 is 0 Å². The smallest absolute Gasteiger partial charge is 0.0945 e. The van der Waals surface area contributed by atoms with Crippen molar-refractivity contribution in [2.75, 3.05) is 0 Å². The fraction of sp³-hybridized carbons (Fsp3) is 1.00. The molecule has 1 saturated carbocycles. The Bertz CT molecular complexity index is 82.6. The Morgan fingerprint density at radius 1 is 1.33 bits per heavy atom. The van der Waals surface area contributed by atoms with E-state index in [1.165, 1.54) is 38.5 Å². The molecular formula is C8H18N+. The highest BCUT2D eigenvalue weighted by molar-refractivity contribution is 4.81. The molecular weight excluding hydrogens is 110 g/mol. The highest BCUT2D eigenvalue weighted by atomic mass is 14.7. The molecule has 54 valence electrons. The fourth-order valence-corrected chi connectivity index (χ4v) is 1.91. The average Bonchev–Trinajstić information content (AvgIpc) is 2.16. The summed E-state index contributed by atoms with van der Waals surface area (Å²) >= 11 is 0. The fourth-order valence-electron chi connectivity index (χ4n) is 1.91. The van der Waals surface area contributed by atoms with Crippen molar-refractivity contribution in [3.63, 3.8) is 0 Å². The first-order valence-corrected chi connectivity index (χ1v) is 4.12. The summed E-state index contributed by atoms with van der Waals surface area (Å²) in [4.78, 5) is 0. The van der Waals surface area contributed by atoms with Crippen molar-refractivity contribution in [2.24, 2.45) is 0 Å². The summed E-state index contributed by atoms with van der Waals surface area (Å²) in [5.74, 6) is 0. The van der Waals surface area contributed by atoms with Crippen LogP contribution in [0.25, 0.3) is 0 Å². The lowest BCUT2D eigenvalue weighted by molar-refractivity contribution is -0.477. The molecule has 0 aromatic carbocycles. The summed E-state index contributed by atoms with van der Waals surface area (Å²) in [5, 5.41) is 0. The lowest BCUT2D eigenvalue weighted by atomic mass is 9.94. The topological polar surface area (TPSA) is 27.6 Å². The van der Waals surface area contributed by atoms with E-state index >= 15 is 0 Å². The van der Waals surface area contributed by atoms with Crippen LogP contribution in [-0.2, 0) is 0 Å². The lowest BCUT2D eigenvalue weighted by Gasteiger charge is -2.17. The van der Waals surface area contributed by atoms with Gasteiger partial charge in [0.25, 0.3) is 0 Å². The first kappa shape index (κ1) is 7.07. The SMILES string of the molecule is CCCC1([NH3+])CCCC1. The number of hydrogen-bond acceptors (Lipinski definition) is 0. The van der Waals surface area contributed by atoms with Gasteiger partial charge >= 0.3 is 0 Å². The van der Waals surface area contributed by atoms with Crippen LogP contribution in [0, 0.1) is 0 Å². The minimum absolute atomic E-state index is 0.495. The van der Waals surface area contributed by atoms with Crippen molar-refractivity contribution in [3.05, 3.63) is 0 Å². The Labute approximate surface area is 57.6 Å². The van der Waals surface area contributed by atoms with Gasteiger partial charge in [0.15, 0.2) is 0 Å². The molecule has 0 saturated heterocycles. The zero-order valence-electron chi connectivity index (χ0n) is 6.45. The van der Waals surface area contributed by atoms with Gasteiger partial charge in [-0.2, -0.15) is 0 Å². The molecule has 1 rings (SSSR count). The van der Waals surface area contributed by atoms with E-state index in [0.29, 0.717) is 5.54 Å². The van der Waals surface area contributed by atoms with E-state index in [4.69, 9.17) is 0 Å². The number of hydrogen-bond donors (Lipinski definition) is 1. The van der Waals surface area contributed by atoms with E-state index in [1.807, 2.05) is 0 Å². The Kier molecular flexibility index (Phi) is 2.12. The van der Waals surface area contributed by atoms with E-state index in [0.717, 1.165) is 0 Å². The molecule has 0 bridgehead atoms. The molecule has 0 amide bonds. The first-order chi connectivity index (χ1) is 4.27. The molecule has 1 heteroatoms. The summed E-state index contributed by atoms with van der Waals surface area (Å²) in [5.41, 5.74) is 4.75. The van der Waals surface area contributed by atoms with E-state index in [9.17, 15) is 0 Å². The van der Waals surface area contributed by atoms with Crippen LogP contribution >= 0.6 is 0 Å². The molecule has 1 aliphatic rings. The summed E-state index contributed by atoms with van der Waals surface area (Å²) in [7, 11) is 0. The summed E-state index contributed by atoms with van der Waals surface area (Å²) in [6, 6.07) is 0. The van der Waals surface area contributed by atoms with Crippen molar-refractivity contribution in [1.82, 2.24) is 0 Å². The van der Waals surface area contributed by atoms with Crippen LogP contribution in [-0.4, -0.2) is 5.54 Å². The zero-order chi connectivity index (χ0) is 6.74. The van der Waals surface area contributed by atoms with E-state index in [-0.39, 0.29) is 0 Å². The molecule has 0 radical (unpaired) electrons. The van der Waals surface area contributed by atoms with Crippen LogP contribution in [0.2, 0.25) is 0 Å². The quantitative estimate of drug-likeness (QED) is 0.581. The third kappa shape index (κ3) is 1.68. The molecule has 1 nitrogen and oxygen atoms in total. The number of rotatable bonds is 2. The molecule has 0 spiro atoms. The van der Waals surface area contributed by atoms with Crippen molar-refractivity contribution in [2.45, 2.75) is 51.0 Å². The van der Waals surface area contributed by atoms with Crippen LogP contribution < -0.4 is 5.73 Å². The summed E-state index contributed by atoms with van der Waals surface area (Å²) < 4.78 is 0. The predicted molar refractivity (Wildman–Crippen MR) is 39.0 cm³/mol. The highest BCUT2D eigenvalue weighted by Gasteiger charge is 2.31. The van der Waals surface area contributed by atoms with E-state index in [1.54, 1.807) is 0 Å². The normalized spacial score (nSPS) is 24.7. The van der Waals surface area contributed by atoms with Gasteiger partial charge in [-0.15, -0.1) is 0 Å². The van der Waals surface area contributed by atoms with Gasteiger partial charge in [-0.1, -0.05) is 13.3 Å². The Hall–Kier alpha value is -0.0400. The largest absolute Gasteiger partial charge is 0.353 e. The minimum Gasteiger partial charge on any atom is -0.353 e. The highest BCUT2D eigenvalue weighted by Crippen LogP contribution is 2.28. The Morgan fingerprint density at radius 3 is 2.33 bits per heavy atom. The standard InChI is InChI=1S/C8H17N/c1-2-5-8(9)6-3-4-7-8/h2-7,9H2,1H3/p+1. The molecule has 1 fully saturated rings. The molecule has 3 N–H and O–H groups in total. The van der Waals surface area contributed by atoms with Gasteiger partial charge in [-0.05, 0) is 12.8 Å². The second-order valence-electron chi connectivity index (χ2n) is 3.46. The average molecular weight is 128 g/mol. The summed E-state index contributed by atoms with van der Waals surface area (Å²) in [6.07, 6.45) is 8.24.